The summed E-state index contributed by atoms with van der Waals surface area (Å²) in [4.78, 5) is 27.5. The van der Waals surface area contributed by atoms with E-state index in [4.69, 9.17) is 4.74 Å². The highest BCUT2D eigenvalue weighted by Gasteiger charge is 2.17. The Morgan fingerprint density at radius 2 is 1.73 bits per heavy atom. The number of amides is 1. The van der Waals surface area contributed by atoms with E-state index in [-0.39, 0.29) is 30.7 Å². The second-order valence-corrected chi connectivity index (χ2v) is 5.16. The van der Waals surface area contributed by atoms with Gasteiger partial charge in [0.1, 0.15) is 5.82 Å². The summed E-state index contributed by atoms with van der Waals surface area (Å²) in [7, 11) is 3.82. The lowest BCUT2D eigenvalue weighted by Crippen LogP contribution is -2.38. The second-order valence-electron chi connectivity index (χ2n) is 5.16. The van der Waals surface area contributed by atoms with Crippen molar-refractivity contribution in [3.63, 3.8) is 0 Å². The highest BCUT2D eigenvalue weighted by Crippen LogP contribution is 2.08. The van der Waals surface area contributed by atoms with E-state index in [9.17, 15) is 14.0 Å². The Bertz CT molecular complexity index is 489. The molecule has 0 bridgehead atoms. The molecule has 0 N–H and O–H groups in total. The molecule has 0 aliphatic heterocycles. The van der Waals surface area contributed by atoms with Crippen molar-refractivity contribution in [1.29, 1.82) is 0 Å². The first kappa shape index (κ1) is 18.1. The molecule has 122 valence electrons. The van der Waals surface area contributed by atoms with Crippen molar-refractivity contribution in [2.45, 2.75) is 13.3 Å². The number of carbonyl (C=O) groups excluding carboxylic acids is 2. The number of rotatable bonds is 8. The van der Waals surface area contributed by atoms with E-state index in [0.29, 0.717) is 25.3 Å². The second kappa shape index (κ2) is 9.15. The Hall–Kier alpha value is -1.95. The predicted octanol–water partition coefficient (Wildman–Crippen LogP) is 1.78. The summed E-state index contributed by atoms with van der Waals surface area (Å²) in [5, 5.41) is 0. The van der Waals surface area contributed by atoms with E-state index < -0.39 is 0 Å². The number of likely N-dealkylation sites (N-methyl/N-ethyl adjacent to an activating group) is 1. The van der Waals surface area contributed by atoms with Crippen LogP contribution in [0.15, 0.2) is 24.3 Å². The summed E-state index contributed by atoms with van der Waals surface area (Å²) in [6.07, 6.45) is 0.147. The van der Waals surface area contributed by atoms with Crippen LogP contribution < -0.4 is 0 Å². The molecule has 0 atom stereocenters. The normalized spacial score (nSPS) is 10.6. The van der Waals surface area contributed by atoms with Crippen molar-refractivity contribution >= 4 is 11.9 Å². The highest BCUT2D eigenvalue weighted by molar-refractivity contribution is 5.94. The van der Waals surface area contributed by atoms with Crippen LogP contribution in [0.25, 0.3) is 0 Å². The zero-order valence-corrected chi connectivity index (χ0v) is 13.3. The third kappa shape index (κ3) is 6.22. The van der Waals surface area contributed by atoms with Crippen molar-refractivity contribution in [2.75, 3.05) is 40.3 Å². The number of ether oxygens (including phenoxy) is 1. The molecule has 0 saturated heterocycles. The smallest absolute Gasteiger partial charge is 0.307 e. The Balaban J connectivity index is 2.72. The van der Waals surface area contributed by atoms with Gasteiger partial charge in [0.25, 0.3) is 5.91 Å². The first-order valence-electron chi connectivity index (χ1n) is 7.29. The summed E-state index contributed by atoms with van der Waals surface area (Å²) in [6.45, 7) is 3.51. The Kier molecular flexibility index (Phi) is 7.52. The van der Waals surface area contributed by atoms with Gasteiger partial charge in [-0.2, -0.15) is 0 Å². The number of esters is 1. The Morgan fingerprint density at radius 1 is 1.09 bits per heavy atom. The fourth-order valence-corrected chi connectivity index (χ4v) is 1.87. The van der Waals surface area contributed by atoms with E-state index in [2.05, 4.69) is 0 Å². The number of carbonyl (C=O) groups is 2. The average Bonchev–Trinajstić information content (AvgIpc) is 2.47. The van der Waals surface area contributed by atoms with Crippen LogP contribution in [0.4, 0.5) is 4.39 Å². The minimum Gasteiger partial charge on any atom is -0.466 e. The zero-order valence-electron chi connectivity index (χ0n) is 13.3. The summed E-state index contributed by atoms with van der Waals surface area (Å²) in [6, 6.07) is 5.40. The topological polar surface area (TPSA) is 49.9 Å². The number of hydrogen-bond acceptors (Lipinski definition) is 4. The lowest BCUT2D eigenvalue weighted by molar-refractivity contribution is -0.143. The third-order valence-corrected chi connectivity index (χ3v) is 3.09. The van der Waals surface area contributed by atoms with Gasteiger partial charge in [-0.15, -0.1) is 0 Å². The molecule has 0 spiro atoms. The molecule has 1 rings (SSSR count). The van der Waals surface area contributed by atoms with Gasteiger partial charge < -0.3 is 14.5 Å². The van der Waals surface area contributed by atoms with E-state index >= 15 is 0 Å². The molecule has 0 radical (unpaired) electrons. The zero-order chi connectivity index (χ0) is 16.5. The van der Waals surface area contributed by atoms with Crippen LogP contribution in [0.3, 0.4) is 0 Å². The standard InChI is InChI=1S/C16H23FN2O3/c1-4-22-15(20)9-10-19(12-11-18(2)3)16(21)13-5-7-14(17)8-6-13/h5-8H,4,9-12H2,1-3H3. The SMILES string of the molecule is CCOC(=O)CCN(CCN(C)C)C(=O)c1ccc(F)cc1. The van der Waals surface area contributed by atoms with Crippen molar-refractivity contribution in [1.82, 2.24) is 9.80 Å². The third-order valence-electron chi connectivity index (χ3n) is 3.09. The molecule has 0 unspecified atom stereocenters. The number of benzene rings is 1. The number of halogens is 1. The highest BCUT2D eigenvalue weighted by atomic mass is 19.1. The fourth-order valence-electron chi connectivity index (χ4n) is 1.87. The number of nitrogens with zero attached hydrogens (tertiary/aromatic N) is 2. The molecule has 0 aliphatic rings. The predicted molar refractivity (Wildman–Crippen MR) is 82.1 cm³/mol. The maximum Gasteiger partial charge on any atom is 0.307 e. The molecular formula is C16H23FN2O3. The van der Waals surface area contributed by atoms with E-state index in [0.717, 1.165) is 0 Å². The van der Waals surface area contributed by atoms with Crippen molar-refractivity contribution < 1.29 is 18.7 Å². The van der Waals surface area contributed by atoms with Crippen LogP contribution in [0, 0.1) is 5.82 Å². The van der Waals surface area contributed by atoms with E-state index in [1.54, 1.807) is 11.8 Å². The maximum atomic E-state index is 13.0. The largest absolute Gasteiger partial charge is 0.466 e. The molecule has 0 saturated carbocycles. The van der Waals surface area contributed by atoms with Crippen molar-refractivity contribution in [3.8, 4) is 0 Å². The van der Waals surface area contributed by atoms with Gasteiger partial charge in [0.05, 0.1) is 13.0 Å². The average molecular weight is 310 g/mol. The van der Waals surface area contributed by atoms with Crippen LogP contribution >= 0.6 is 0 Å². The maximum absolute atomic E-state index is 13.0. The molecule has 22 heavy (non-hydrogen) atoms. The Morgan fingerprint density at radius 3 is 2.27 bits per heavy atom. The van der Waals surface area contributed by atoms with E-state index in [1.165, 1.54) is 24.3 Å². The molecule has 5 nitrogen and oxygen atoms in total. The van der Waals surface area contributed by atoms with E-state index in [1.807, 2.05) is 19.0 Å². The fraction of sp³-hybridized carbons (Fsp3) is 0.500. The lowest BCUT2D eigenvalue weighted by atomic mass is 10.2. The summed E-state index contributed by atoms with van der Waals surface area (Å²) >= 11 is 0. The molecule has 0 aliphatic carbocycles. The van der Waals surface area contributed by atoms with Gasteiger partial charge in [-0.05, 0) is 45.3 Å². The molecule has 0 heterocycles. The van der Waals surface area contributed by atoms with Crippen LogP contribution in [-0.4, -0.2) is 62.0 Å². The molecule has 1 amide bonds. The number of hydrogen-bond donors (Lipinski definition) is 0. The lowest BCUT2D eigenvalue weighted by Gasteiger charge is -2.24. The molecule has 0 aromatic heterocycles. The van der Waals surface area contributed by atoms with Crippen LogP contribution in [0.5, 0.6) is 0 Å². The molecule has 0 fully saturated rings. The van der Waals surface area contributed by atoms with Gasteiger partial charge in [-0.1, -0.05) is 0 Å². The van der Waals surface area contributed by atoms with Gasteiger partial charge >= 0.3 is 5.97 Å². The minimum atomic E-state index is -0.386. The quantitative estimate of drug-likeness (QED) is 0.687. The molecule has 1 aromatic rings. The van der Waals surface area contributed by atoms with Crippen LogP contribution in [0.1, 0.15) is 23.7 Å². The van der Waals surface area contributed by atoms with Gasteiger partial charge in [-0.3, -0.25) is 9.59 Å². The van der Waals surface area contributed by atoms with Crippen LogP contribution in [-0.2, 0) is 9.53 Å². The minimum absolute atomic E-state index is 0.147. The van der Waals surface area contributed by atoms with Gasteiger partial charge in [0, 0.05) is 25.2 Å². The molecular weight excluding hydrogens is 287 g/mol. The summed E-state index contributed by atoms with van der Waals surface area (Å²) in [5.41, 5.74) is 0.406. The van der Waals surface area contributed by atoms with Gasteiger partial charge in [0.2, 0.25) is 0 Å². The first-order chi connectivity index (χ1) is 10.4. The van der Waals surface area contributed by atoms with Gasteiger partial charge in [-0.25, -0.2) is 4.39 Å². The first-order valence-corrected chi connectivity index (χ1v) is 7.29. The van der Waals surface area contributed by atoms with Gasteiger partial charge in [0.15, 0.2) is 0 Å². The Labute approximate surface area is 130 Å². The molecule has 1 aromatic carbocycles. The summed E-state index contributed by atoms with van der Waals surface area (Å²) in [5.74, 6) is -0.932. The monoisotopic (exact) mass is 310 g/mol. The van der Waals surface area contributed by atoms with Crippen molar-refractivity contribution in [2.24, 2.45) is 0 Å². The van der Waals surface area contributed by atoms with Crippen LogP contribution in [0.2, 0.25) is 0 Å². The molecule has 6 heteroatoms. The van der Waals surface area contributed by atoms with Crippen molar-refractivity contribution in [3.05, 3.63) is 35.6 Å². The summed E-state index contributed by atoms with van der Waals surface area (Å²) < 4.78 is 17.8.